The minimum atomic E-state index is -0.243. The van der Waals surface area contributed by atoms with Crippen molar-refractivity contribution in [2.45, 2.75) is 20.4 Å². The lowest BCUT2D eigenvalue weighted by molar-refractivity contribution is 0.102. The fraction of sp³-hybridized carbons (Fsp3) is 0.167. The molecule has 2 aromatic carbocycles. The van der Waals surface area contributed by atoms with Crippen LogP contribution in [-0.4, -0.2) is 20.9 Å². The molecule has 1 heterocycles. The molecule has 0 saturated heterocycles. The molecule has 116 valence electrons. The number of carbonyl (C=O) groups is 1. The molecule has 0 saturated carbocycles. The van der Waals surface area contributed by atoms with Gasteiger partial charge in [0.05, 0.1) is 12.2 Å². The van der Waals surface area contributed by atoms with E-state index in [9.17, 15) is 4.79 Å². The Morgan fingerprint density at radius 1 is 1.09 bits per heavy atom. The van der Waals surface area contributed by atoms with Gasteiger partial charge in [0.2, 0.25) is 0 Å². The van der Waals surface area contributed by atoms with Crippen LogP contribution in [0.5, 0.6) is 0 Å². The lowest BCUT2D eigenvalue weighted by Gasteiger charge is -2.06. The summed E-state index contributed by atoms with van der Waals surface area (Å²) in [6.07, 6.45) is 0. The van der Waals surface area contributed by atoms with E-state index in [2.05, 4.69) is 15.6 Å². The molecule has 0 spiro atoms. The van der Waals surface area contributed by atoms with Gasteiger partial charge in [0.1, 0.15) is 0 Å². The highest BCUT2D eigenvalue weighted by atomic mass is 16.2. The standard InChI is InChI=1S/C18H18N4O/c1-13-7-6-10-16(11-13)19-18(23)17-14(2)22(21-20-17)12-15-8-4-3-5-9-15/h3-11H,12H2,1-2H3,(H,19,23). The zero-order valence-corrected chi connectivity index (χ0v) is 13.2. The molecular formula is C18H18N4O. The zero-order chi connectivity index (χ0) is 16.2. The molecule has 0 fully saturated rings. The zero-order valence-electron chi connectivity index (χ0n) is 13.2. The van der Waals surface area contributed by atoms with E-state index in [0.717, 1.165) is 22.5 Å². The van der Waals surface area contributed by atoms with Crippen LogP contribution < -0.4 is 5.32 Å². The maximum atomic E-state index is 12.4. The summed E-state index contributed by atoms with van der Waals surface area (Å²) in [5.74, 6) is -0.243. The molecule has 0 radical (unpaired) electrons. The lowest BCUT2D eigenvalue weighted by Crippen LogP contribution is -2.14. The van der Waals surface area contributed by atoms with Gasteiger partial charge in [0.15, 0.2) is 5.69 Å². The third kappa shape index (κ3) is 3.45. The second kappa shape index (κ2) is 6.44. The van der Waals surface area contributed by atoms with Gasteiger partial charge in [-0.2, -0.15) is 0 Å². The molecular weight excluding hydrogens is 288 g/mol. The smallest absolute Gasteiger partial charge is 0.278 e. The predicted molar refractivity (Wildman–Crippen MR) is 89.4 cm³/mol. The summed E-state index contributed by atoms with van der Waals surface area (Å²) < 4.78 is 1.74. The average molecular weight is 306 g/mol. The van der Waals surface area contributed by atoms with Gasteiger partial charge in [-0.15, -0.1) is 5.10 Å². The van der Waals surface area contributed by atoms with Crippen LogP contribution in [0.25, 0.3) is 0 Å². The van der Waals surface area contributed by atoms with Crippen LogP contribution in [0.15, 0.2) is 54.6 Å². The first-order valence-electron chi connectivity index (χ1n) is 7.45. The maximum Gasteiger partial charge on any atom is 0.278 e. The summed E-state index contributed by atoms with van der Waals surface area (Å²) in [5, 5.41) is 11.0. The highest BCUT2D eigenvalue weighted by Crippen LogP contribution is 2.13. The Balaban J connectivity index is 1.77. The van der Waals surface area contributed by atoms with Gasteiger partial charge in [-0.25, -0.2) is 4.68 Å². The van der Waals surface area contributed by atoms with Crippen LogP contribution in [0.2, 0.25) is 0 Å². The van der Waals surface area contributed by atoms with Crippen molar-refractivity contribution >= 4 is 11.6 Å². The van der Waals surface area contributed by atoms with E-state index >= 15 is 0 Å². The third-order valence-electron chi connectivity index (χ3n) is 3.65. The van der Waals surface area contributed by atoms with Crippen LogP contribution in [-0.2, 0) is 6.54 Å². The Hall–Kier alpha value is -2.95. The van der Waals surface area contributed by atoms with E-state index in [0.29, 0.717) is 12.2 Å². The Morgan fingerprint density at radius 2 is 1.87 bits per heavy atom. The van der Waals surface area contributed by atoms with Crippen LogP contribution >= 0.6 is 0 Å². The number of rotatable bonds is 4. The molecule has 0 atom stereocenters. The number of nitrogens with one attached hydrogen (secondary N) is 1. The van der Waals surface area contributed by atoms with Crippen molar-refractivity contribution < 1.29 is 4.79 Å². The van der Waals surface area contributed by atoms with Gasteiger partial charge in [-0.1, -0.05) is 47.7 Å². The number of aromatic nitrogens is 3. The summed E-state index contributed by atoms with van der Waals surface area (Å²) in [6.45, 7) is 4.43. The molecule has 1 aromatic heterocycles. The monoisotopic (exact) mass is 306 g/mol. The summed E-state index contributed by atoms with van der Waals surface area (Å²) in [5.41, 5.74) is 4.06. The molecule has 5 nitrogen and oxygen atoms in total. The topological polar surface area (TPSA) is 59.8 Å². The van der Waals surface area contributed by atoms with Crippen molar-refractivity contribution in [3.63, 3.8) is 0 Å². The summed E-state index contributed by atoms with van der Waals surface area (Å²) in [4.78, 5) is 12.4. The number of benzene rings is 2. The second-order valence-corrected chi connectivity index (χ2v) is 5.49. The molecule has 1 N–H and O–H groups in total. The molecule has 0 aliphatic rings. The largest absolute Gasteiger partial charge is 0.321 e. The average Bonchev–Trinajstić information content (AvgIpc) is 2.89. The first kappa shape index (κ1) is 15.0. The molecule has 3 aromatic rings. The first-order chi connectivity index (χ1) is 11.1. The van der Waals surface area contributed by atoms with Gasteiger partial charge >= 0.3 is 0 Å². The molecule has 3 rings (SSSR count). The van der Waals surface area contributed by atoms with E-state index in [-0.39, 0.29) is 5.91 Å². The van der Waals surface area contributed by atoms with E-state index in [1.165, 1.54) is 0 Å². The van der Waals surface area contributed by atoms with Crippen molar-refractivity contribution in [1.82, 2.24) is 15.0 Å². The van der Waals surface area contributed by atoms with Crippen molar-refractivity contribution in [2.75, 3.05) is 5.32 Å². The first-order valence-corrected chi connectivity index (χ1v) is 7.45. The van der Waals surface area contributed by atoms with Crippen molar-refractivity contribution in [3.05, 3.63) is 77.1 Å². The summed E-state index contributed by atoms with van der Waals surface area (Å²) in [6, 6.07) is 17.6. The summed E-state index contributed by atoms with van der Waals surface area (Å²) in [7, 11) is 0. The van der Waals surface area contributed by atoms with E-state index in [4.69, 9.17) is 0 Å². The number of anilines is 1. The number of aryl methyl sites for hydroxylation is 1. The third-order valence-corrected chi connectivity index (χ3v) is 3.65. The van der Waals surface area contributed by atoms with Crippen LogP contribution in [0.1, 0.15) is 27.3 Å². The maximum absolute atomic E-state index is 12.4. The molecule has 0 aliphatic heterocycles. The molecule has 0 unspecified atom stereocenters. The van der Waals surface area contributed by atoms with Crippen molar-refractivity contribution in [3.8, 4) is 0 Å². The molecule has 0 aliphatic carbocycles. The van der Waals surface area contributed by atoms with E-state index < -0.39 is 0 Å². The lowest BCUT2D eigenvalue weighted by atomic mass is 10.2. The predicted octanol–water partition coefficient (Wildman–Crippen LogP) is 3.20. The highest BCUT2D eigenvalue weighted by Gasteiger charge is 2.16. The van der Waals surface area contributed by atoms with Crippen LogP contribution in [0.3, 0.4) is 0 Å². The number of hydrogen-bond donors (Lipinski definition) is 1. The minimum Gasteiger partial charge on any atom is -0.321 e. The second-order valence-electron chi connectivity index (χ2n) is 5.49. The molecule has 1 amide bonds. The minimum absolute atomic E-state index is 0.243. The van der Waals surface area contributed by atoms with Gasteiger partial charge in [-0.3, -0.25) is 4.79 Å². The van der Waals surface area contributed by atoms with Crippen molar-refractivity contribution in [2.24, 2.45) is 0 Å². The fourth-order valence-electron chi connectivity index (χ4n) is 2.39. The Labute approximate surface area is 135 Å². The fourth-order valence-corrected chi connectivity index (χ4v) is 2.39. The van der Waals surface area contributed by atoms with Crippen molar-refractivity contribution in [1.29, 1.82) is 0 Å². The number of nitrogens with zero attached hydrogens (tertiary/aromatic N) is 3. The highest BCUT2D eigenvalue weighted by molar-refractivity contribution is 6.03. The Bertz CT molecular complexity index is 824. The van der Waals surface area contributed by atoms with Crippen LogP contribution in [0.4, 0.5) is 5.69 Å². The molecule has 5 heteroatoms. The quantitative estimate of drug-likeness (QED) is 0.805. The van der Waals surface area contributed by atoms with Gasteiger partial charge in [-0.05, 0) is 37.1 Å². The van der Waals surface area contributed by atoms with E-state index in [1.807, 2.05) is 68.4 Å². The Kier molecular flexibility index (Phi) is 4.19. The molecule has 0 bridgehead atoms. The van der Waals surface area contributed by atoms with Gasteiger partial charge in [0, 0.05) is 5.69 Å². The molecule has 23 heavy (non-hydrogen) atoms. The number of amides is 1. The number of carbonyl (C=O) groups excluding carboxylic acids is 1. The SMILES string of the molecule is Cc1cccc(NC(=O)c2nnn(Cc3ccccc3)c2C)c1. The van der Waals surface area contributed by atoms with Gasteiger partial charge < -0.3 is 5.32 Å². The normalized spacial score (nSPS) is 10.5. The van der Waals surface area contributed by atoms with Gasteiger partial charge in [0.25, 0.3) is 5.91 Å². The Morgan fingerprint density at radius 3 is 2.61 bits per heavy atom. The van der Waals surface area contributed by atoms with Crippen LogP contribution in [0, 0.1) is 13.8 Å². The van der Waals surface area contributed by atoms with E-state index in [1.54, 1.807) is 4.68 Å². The summed E-state index contributed by atoms with van der Waals surface area (Å²) >= 11 is 0. The number of hydrogen-bond acceptors (Lipinski definition) is 3.